The standard InChI is InChI=1S/C19H24N4O.2C2HF3O2/c1-21-9-3-5-17(21)14-22-10-6-19(15-22)7-11-23(18(19)24)13-16-4-2-8-20-12-16;2*3-2(4,5)1(6)7/h2-5,8-9,12H,6-7,10-11,13-15H2,1H3;2*(H,6,7). The molecule has 15 heteroatoms. The molecule has 0 aromatic carbocycles. The van der Waals surface area contributed by atoms with Crippen molar-refractivity contribution in [3.8, 4) is 0 Å². The fourth-order valence-electron chi connectivity index (χ4n) is 4.12. The third kappa shape index (κ3) is 8.46. The zero-order valence-electron chi connectivity index (χ0n) is 20.2. The second-order valence-corrected chi connectivity index (χ2v) is 8.80. The van der Waals surface area contributed by atoms with Crippen LogP contribution < -0.4 is 0 Å². The molecule has 2 aromatic rings. The number of carbonyl (C=O) groups is 3. The number of pyridine rings is 1. The summed E-state index contributed by atoms with van der Waals surface area (Å²) >= 11 is 0. The molecule has 0 aliphatic carbocycles. The largest absolute Gasteiger partial charge is 0.490 e. The summed E-state index contributed by atoms with van der Waals surface area (Å²) in [4.78, 5) is 39.4. The lowest BCUT2D eigenvalue weighted by Crippen LogP contribution is -2.36. The van der Waals surface area contributed by atoms with Gasteiger partial charge < -0.3 is 19.7 Å². The van der Waals surface area contributed by atoms with E-state index in [2.05, 4.69) is 39.8 Å². The van der Waals surface area contributed by atoms with E-state index in [0.717, 1.165) is 44.6 Å². The van der Waals surface area contributed by atoms with Gasteiger partial charge in [-0.2, -0.15) is 26.3 Å². The van der Waals surface area contributed by atoms with Crippen LogP contribution >= 0.6 is 0 Å². The number of aromatic nitrogens is 2. The van der Waals surface area contributed by atoms with Crippen LogP contribution in [0, 0.1) is 5.41 Å². The molecule has 1 spiro atoms. The molecular weight excluding hydrogens is 526 g/mol. The van der Waals surface area contributed by atoms with E-state index in [0.29, 0.717) is 12.5 Å². The van der Waals surface area contributed by atoms with Crippen molar-refractivity contribution in [2.75, 3.05) is 19.6 Å². The quantitative estimate of drug-likeness (QED) is 0.560. The van der Waals surface area contributed by atoms with E-state index < -0.39 is 24.3 Å². The van der Waals surface area contributed by atoms with Crippen LogP contribution in [0.3, 0.4) is 0 Å². The second-order valence-electron chi connectivity index (χ2n) is 8.80. The molecule has 1 amide bonds. The van der Waals surface area contributed by atoms with Crippen LogP contribution in [0.5, 0.6) is 0 Å². The van der Waals surface area contributed by atoms with Crippen LogP contribution in [0.15, 0.2) is 42.9 Å². The van der Waals surface area contributed by atoms with Gasteiger partial charge in [-0.1, -0.05) is 6.07 Å². The Morgan fingerprint density at radius 2 is 1.55 bits per heavy atom. The summed E-state index contributed by atoms with van der Waals surface area (Å²) in [6.45, 7) is 4.39. The van der Waals surface area contributed by atoms with Crippen LogP contribution in [0.25, 0.3) is 0 Å². The van der Waals surface area contributed by atoms with Gasteiger partial charge in [-0.25, -0.2) is 9.59 Å². The summed E-state index contributed by atoms with van der Waals surface area (Å²) in [5, 5.41) is 14.2. The maximum Gasteiger partial charge on any atom is 0.490 e. The first kappa shape index (κ1) is 30.6. The predicted molar refractivity (Wildman–Crippen MR) is 119 cm³/mol. The fourth-order valence-corrected chi connectivity index (χ4v) is 4.12. The maximum absolute atomic E-state index is 13.0. The molecule has 0 bridgehead atoms. The first-order valence-corrected chi connectivity index (χ1v) is 11.2. The van der Waals surface area contributed by atoms with Crippen molar-refractivity contribution in [2.45, 2.75) is 38.3 Å². The van der Waals surface area contributed by atoms with Gasteiger partial charge in [0.1, 0.15) is 0 Å². The predicted octanol–water partition coefficient (Wildman–Crippen LogP) is 3.31. The number of carbonyl (C=O) groups excluding carboxylic acids is 1. The van der Waals surface area contributed by atoms with Gasteiger partial charge in [-0.15, -0.1) is 0 Å². The molecule has 9 nitrogen and oxygen atoms in total. The summed E-state index contributed by atoms with van der Waals surface area (Å²) in [5.41, 5.74) is 2.26. The average Bonchev–Trinajstić information content (AvgIpc) is 3.51. The summed E-state index contributed by atoms with van der Waals surface area (Å²) in [7, 11) is 2.08. The zero-order chi connectivity index (χ0) is 28.7. The monoisotopic (exact) mass is 552 g/mol. The Hall–Kier alpha value is -3.62. The number of carboxylic acids is 2. The summed E-state index contributed by atoms with van der Waals surface area (Å²) in [5.74, 6) is -5.18. The van der Waals surface area contributed by atoms with E-state index in [9.17, 15) is 31.1 Å². The third-order valence-electron chi connectivity index (χ3n) is 6.05. The Labute approximate surface area is 213 Å². The number of halogens is 6. The number of nitrogens with zero attached hydrogens (tertiary/aromatic N) is 4. The molecule has 210 valence electrons. The molecule has 2 aromatic heterocycles. The van der Waals surface area contributed by atoms with Gasteiger partial charge in [-0.3, -0.25) is 14.7 Å². The minimum Gasteiger partial charge on any atom is -0.475 e. The van der Waals surface area contributed by atoms with Crippen LogP contribution in [0.2, 0.25) is 0 Å². The van der Waals surface area contributed by atoms with Gasteiger partial charge in [0.25, 0.3) is 0 Å². The van der Waals surface area contributed by atoms with E-state index in [1.807, 2.05) is 23.2 Å². The first-order chi connectivity index (χ1) is 17.5. The van der Waals surface area contributed by atoms with E-state index >= 15 is 0 Å². The lowest BCUT2D eigenvalue weighted by molar-refractivity contribution is -0.193. The Morgan fingerprint density at radius 3 is 2.03 bits per heavy atom. The zero-order valence-corrected chi connectivity index (χ0v) is 20.2. The molecule has 2 fully saturated rings. The molecule has 1 atom stereocenters. The van der Waals surface area contributed by atoms with Gasteiger partial charge in [-0.05, 0) is 43.1 Å². The Kier molecular flexibility index (Phi) is 9.89. The SMILES string of the molecule is Cn1cccc1CN1CCC2(CCN(Cc3cccnc3)C2=O)C1.O=C(O)C(F)(F)F.O=C(O)C(F)(F)F. The number of hydrogen-bond donors (Lipinski definition) is 2. The molecule has 2 aliphatic heterocycles. The van der Waals surface area contributed by atoms with Crippen LogP contribution in [0.4, 0.5) is 26.3 Å². The molecule has 2 N–H and O–H groups in total. The normalized spacial score (nSPS) is 19.6. The van der Waals surface area contributed by atoms with Crippen LogP contribution in [-0.4, -0.2) is 79.4 Å². The highest BCUT2D eigenvalue weighted by Gasteiger charge is 2.50. The molecule has 2 aliphatic rings. The summed E-state index contributed by atoms with van der Waals surface area (Å²) in [6.07, 6.45) is -2.49. The lowest BCUT2D eigenvalue weighted by atomic mass is 9.85. The van der Waals surface area contributed by atoms with Gasteiger partial charge in [0.2, 0.25) is 5.91 Å². The van der Waals surface area contributed by atoms with E-state index in [-0.39, 0.29) is 5.41 Å². The van der Waals surface area contributed by atoms with Crippen LogP contribution in [-0.2, 0) is 34.5 Å². The van der Waals surface area contributed by atoms with Crippen molar-refractivity contribution in [3.63, 3.8) is 0 Å². The highest BCUT2D eigenvalue weighted by atomic mass is 19.4. The van der Waals surface area contributed by atoms with Crippen molar-refractivity contribution in [1.82, 2.24) is 19.4 Å². The molecule has 2 saturated heterocycles. The molecular formula is C23H26F6N4O5. The number of rotatable bonds is 4. The Morgan fingerprint density at radius 1 is 0.974 bits per heavy atom. The van der Waals surface area contributed by atoms with Crippen molar-refractivity contribution in [2.24, 2.45) is 12.5 Å². The molecule has 0 saturated carbocycles. The Bertz CT molecular complexity index is 1080. The highest BCUT2D eigenvalue weighted by Crippen LogP contribution is 2.41. The van der Waals surface area contributed by atoms with Crippen molar-refractivity contribution < 1.29 is 50.9 Å². The Balaban J connectivity index is 0.000000301. The molecule has 0 radical (unpaired) electrons. The van der Waals surface area contributed by atoms with Crippen molar-refractivity contribution in [1.29, 1.82) is 0 Å². The number of aryl methyl sites for hydroxylation is 1. The highest BCUT2D eigenvalue weighted by molar-refractivity contribution is 5.85. The number of amides is 1. The molecule has 4 rings (SSSR count). The van der Waals surface area contributed by atoms with Crippen molar-refractivity contribution in [3.05, 3.63) is 54.1 Å². The number of alkyl halides is 6. The number of likely N-dealkylation sites (tertiary alicyclic amines) is 2. The van der Waals surface area contributed by atoms with E-state index in [1.165, 1.54) is 5.69 Å². The molecule has 1 unspecified atom stereocenters. The van der Waals surface area contributed by atoms with Crippen LogP contribution in [0.1, 0.15) is 24.1 Å². The topological polar surface area (TPSA) is 116 Å². The first-order valence-electron chi connectivity index (χ1n) is 11.2. The molecule has 4 heterocycles. The average molecular weight is 552 g/mol. The van der Waals surface area contributed by atoms with Gasteiger partial charge in [0.05, 0.1) is 5.41 Å². The number of aliphatic carboxylic acids is 2. The third-order valence-corrected chi connectivity index (χ3v) is 6.05. The second kappa shape index (κ2) is 12.3. The fraction of sp³-hybridized carbons (Fsp3) is 0.478. The van der Waals surface area contributed by atoms with E-state index in [1.54, 1.807) is 6.20 Å². The van der Waals surface area contributed by atoms with Crippen molar-refractivity contribution >= 4 is 17.8 Å². The smallest absolute Gasteiger partial charge is 0.475 e. The lowest BCUT2D eigenvalue weighted by Gasteiger charge is -2.24. The summed E-state index contributed by atoms with van der Waals surface area (Å²) in [6, 6.07) is 8.22. The van der Waals surface area contributed by atoms with Gasteiger partial charge >= 0.3 is 24.3 Å². The van der Waals surface area contributed by atoms with Gasteiger partial charge in [0.15, 0.2) is 0 Å². The maximum atomic E-state index is 13.0. The molecule has 38 heavy (non-hydrogen) atoms. The number of carboxylic acid groups (broad SMARTS) is 2. The minimum atomic E-state index is -5.08. The van der Waals surface area contributed by atoms with E-state index in [4.69, 9.17) is 19.8 Å². The number of hydrogen-bond acceptors (Lipinski definition) is 5. The van der Waals surface area contributed by atoms with Gasteiger partial charge in [0, 0.05) is 57.5 Å². The summed E-state index contributed by atoms with van der Waals surface area (Å²) < 4.78 is 65.6. The minimum absolute atomic E-state index is 0.159.